The van der Waals surface area contributed by atoms with Crippen molar-refractivity contribution in [2.24, 2.45) is 5.73 Å². The van der Waals surface area contributed by atoms with Crippen LogP contribution in [0.3, 0.4) is 0 Å². The van der Waals surface area contributed by atoms with Crippen molar-refractivity contribution < 1.29 is 14.7 Å². The third-order valence-electron chi connectivity index (χ3n) is 0.526. The minimum Gasteiger partial charge on any atom is -0.483 e. The average Bonchev–Trinajstić information content (AvgIpc) is 1.86. The molecule has 4 heteroatoms. The molecule has 54 valence electrons. The molecule has 0 aromatic rings. The molecule has 0 amide bonds. The molecule has 0 spiro atoms. The lowest BCUT2D eigenvalue weighted by Crippen LogP contribution is -1.97. The fraction of sp³-hybridized carbons (Fsp3) is 0.600. The Labute approximate surface area is 53.7 Å². The number of carbonyl (C=O) groups excluding carboxylic acids is 1. The van der Waals surface area contributed by atoms with E-state index in [4.69, 9.17) is 15.6 Å². The summed E-state index contributed by atoms with van der Waals surface area (Å²) in [6.45, 7) is 0.374. The topological polar surface area (TPSA) is 80.4 Å². The molecule has 0 aromatic carbocycles. The lowest BCUT2D eigenvalue weighted by Gasteiger charge is -1.79. The van der Waals surface area contributed by atoms with E-state index in [1.165, 1.54) is 0 Å². The van der Waals surface area contributed by atoms with Crippen molar-refractivity contribution in [2.75, 3.05) is 6.54 Å². The van der Waals surface area contributed by atoms with Crippen LogP contribution in [0.2, 0.25) is 0 Å². The standard InChI is InChI=1S/C4H9NO.CH2O2/c5-3-1-2-4-6;2-1-3/h4H,1-3,5H2;1H,(H,2,3). The summed E-state index contributed by atoms with van der Waals surface area (Å²) in [7, 11) is 0. The molecule has 3 N–H and O–H groups in total. The highest BCUT2D eigenvalue weighted by Crippen LogP contribution is 1.75. The van der Waals surface area contributed by atoms with E-state index < -0.39 is 0 Å². The predicted octanol–water partition coefficient (Wildman–Crippen LogP) is -0.375. The number of unbranched alkanes of at least 4 members (excludes halogenated alkanes) is 1. The Bertz CT molecular complexity index is 65.2. The Kier molecular flexibility index (Phi) is 19.2. The van der Waals surface area contributed by atoms with E-state index in [1.54, 1.807) is 0 Å². The highest BCUT2D eigenvalue weighted by molar-refractivity contribution is 5.48. The molecular formula is C5H11NO3. The average molecular weight is 133 g/mol. The first-order valence-electron chi connectivity index (χ1n) is 2.55. The lowest BCUT2D eigenvalue weighted by atomic mass is 10.3. The van der Waals surface area contributed by atoms with Crippen molar-refractivity contribution in [1.82, 2.24) is 0 Å². The van der Waals surface area contributed by atoms with Crippen LogP contribution in [-0.2, 0) is 9.59 Å². The predicted molar refractivity (Wildman–Crippen MR) is 33.0 cm³/mol. The Morgan fingerprint density at radius 3 is 2.00 bits per heavy atom. The van der Waals surface area contributed by atoms with Gasteiger partial charge in [-0.15, -0.1) is 0 Å². The lowest BCUT2D eigenvalue weighted by molar-refractivity contribution is -0.122. The minimum atomic E-state index is -0.250. The van der Waals surface area contributed by atoms with Gasteiger partial charge in [-0.05, 0) is 13.0 Å². The summed E-state index contributed by atoms with van der Waals surface area (Å²) < 4.78 is 0. The molecule has 0 aromatic heterocycles. The zero-order valence-electron chi connectivity index (χ0n) is 5.12. The second-order valence-corrected chi connectivity index (χ2v) is 1.20. The van der Waals surface area contributed by atoms with Crippen molar-refractivity contribution >= 4 is 12.8 Å². The molecule has 0 rings (SSSR count). The van der Waals surface area contributed by atoms with Gasteiger partial charge in [0.1, 0.15) is 6.29 Å². The maximum atomic E-state index is 9.51. The Morgan fingerprint density at radius 2 is 1.89 bits per heavy atom. The molecule has 0 saturated heterocycles. The maximum absolute atomic E-state index is 9.51. The number of carboxylic acid groups (broad SMARTS) is 1. The third kappa shape index (κ3) is 41.9. The number of carbonyl (C=O) groups is 2. The van der Waals surface area contributed by atoms with Crippen LogP contribution in [0.15, 0.2) is 0 Å². The maximum Gasteiger partial charge on any atom is 0.290 e. The van der Waals surface area contributed by atoms with Crippen molar-refractivity contribution in [2.45, 2.75) is 12.8 Å². The second kappa shape index (κ2) is 15.7. The van der Waals surface area contributed by atoms with Gasteiger partial charge < -0.3 is 15.6 Å². The van der Waals surface area contributed by atoms with E-state index in [2.05, 4.69) is 0 Å². The first-order valence-corrected chi connectivity index (χ1v) is 2.55. The van der Waals surface area contributed by atoms with Gasteiger partial charge in [-0.3, -0.25) is 4.79 Å². The fourth-order valence-electron chi connectivity index (χ4n) is 0.201. The Morgan fingerprint density at radius 1 is 1.44 bits per heavy atom. The monoisotopic (exact) mass is 133 g/mol. The molecule has 4 nitrogen and oxygen atoms in total. The molecule has 0 aliphatic carbocycles. The number of rotatable bonds is 3. The van der Waals surface area contributed by atoms with Crippen LogP contribution in [0.5, 0.6) is 0 Å². The zero-order chi connectivity index (χ0) is 7.54. The molecule has 0 atom stereocenters. The van der Waals surface area contributed by atoms with E-state index in [0.29, 0.717) is 13.0 Å². The Hall–Kier alpha value is -0.900. The molecule has 0 fully saturated rings. The number of nitrogens with two attached hydrogens (primary N) is 1. The zero-order valence-corrected chi connectivity index (χ0v) is 5.12. The molecule has 0 bridgehead atoms. The van der Waals surface area contributed by atoms with E-state index in [0.717, 1.165) is 12.7 Å². The van der Waals surface area contributed by atoms with Crippen molar-refractivity contribution in [1.29, 1.82) is 0 Å². The molecule has 9 heavy (non-hydrogen) atoms. The van der Waals surface area contributed by atoms with Crippen molar-refractivity contribution in [3.05, 3.63) is 0 Å². The largest absolute Gasteiger partial charge is 0.483 e. The van der Waals surface area contributed by atoms with Gasteiger partial charge >= 0.3 is 0 Å². The highest BCUT2D eigenvalue weighted by atomic mass is 16.3. The fourth-order valence-corrected chi connectivity index (χ4v) is 0.201. The molecule has 0 aliphatic rings. The van der Waals surface area contributed by atoms with Gasteiger partial charge in [0.25, 0.3) is 6.47 Å². The van der Waals surface area contributed by atoms with Crippen LogP contribution in [0, 0.1) is 0 Å². The van der Waals surface area contributed by atoms with Crippen molar-refractivity contribution in [3.8, 4) is 0 Å². The van der Waals surface area contributed by atoms with E-state index in [9.17, 15) is 4.79 Å². The van der Waals surface area contributed by atoms with Gasteiger partial charge in [-0.2, -0.15) is 0 Å². The van der Waals surface area contributed by atoms with E-state index in [-0.39, 0.29) is 6.47 Å². The smallest absolute Gasteiger partial charge is 0.290 e. The summed E-state index contributed by atoms with van der Waals surface area (Å²) in [5.74, 6) is 0. The van der Waals surface area contributed by atoms with Crippen LogP contribution >= 0.6 is 0 Å². The van der Waals surface area contributed by atoms with Gasteiger partial charge in [0.2, 0.25) is 0 Å². The summed E-state index contributed by atoms with van der Waals surface area (Å²) in [4.78, 5) is 17.9. The van der Waals surface area contributed by atoms with Crippen LogP contribution < -0.4 is 5.73 Å². The van der Waals surface area contributed by atoms with Crippen molar-refractivity contribution in [3.63, 3.8) is 0 Å². The summed E-state index contributed by atoms with van der Waals surface area (Å²) in [5, 5.41) is 6.89. The van der Waals surface area contributed by atoms with E-state index >= 15 is 0 Å². The summed E-state index contributed by atoms with van der Waals surface area (Å²) in [6, 6.07) is 0. The van der Waals surface area contributed by atoms with Gasteiger partial charge in [0.05, 0.1) is 0 Å². The van der Waals surface area contributed by atoms with Gasteiger partial charge in [-0.1, -0.05) is 0 Å². The number of hydrogen-bond donors (Lipinski definition) is 2. The third-order valence-corrected chi connectivity index (χ3v) is 0.526. The van der Waals surface area contributed by atoms with Gasteiger partial charge in [0.15, 0.2) is 0 Å². The summed E-state index contributed by atoms with van der Waals surface area (Å²) in [6.07, 6.45) is 2.31. The minimum absolute atomic E-state index is 0.250. The van der Waals surface area contributed by atoms with E-state index in [1.807, 2.05) is 0 Å². The first kappa shape index (κ1) is 11.0. The van der Waals surface area contributed by atoms with Crippen LogP contribution in [-0.4, -0.2) is 24.4 Å². The molecule has 0 unspecified atom stereocenters. The Balaban J connectivity index is 0. The quantitative estimate of drug-likeness (QED) is 0.406. The highest BCUT2D eigenvalue weighted by Gasteiger charge is 1.74. The molecule has 0 radical (unpaired) electrons. The molecule has 0 saturated carbocycles. The normalized spacial score (nSPS) is 6.78. The first-order chi connectivity index (χ1) is 4.33. The summed E-state index contributed by atoms with van der Waals surface area (Å²) in [5.41, 5.74) is 5.06. The molecule has 0 aliphatic heterocycles. The van der Waals surface area contributed by atoms with Gasteiger partial charge in [0, 0.05) is 6.42 Å². The number of hydrogen-bond acceptors (Lipinski definition) is 3. The van der Waals surface area contributed by atoms with Crippen LogP contribution in [0.1, 0.15) is 12.8 Å². The summed E-state index contributed by atoms with van der Waals surface area (Å²) >= 11 is 0. The van der Waals surface area contributed by atoms with Crippen LogP contribution in [0.4, 0.5) is 0 Å². The number of aldehydes is 1. The van der Waals surface area contributed by atoms with Gasteiger partial charge in [-0.25, -0.2) is 0 Å². The second-order valence-electron chi connectivity index (χ2n) is 1.20. The SMILES string of the molecule is NCCCC=O.O=CO. The molecular weight excluding hydrogens is 122 g/mol. The van der Waals surface area contributed by atoms with Crippen LogP contribution in [0.25, 0.3) is 0 Å². The molecule has 0 heterocycles.